The Morgan fingerprint density at radius 1 is 1.04 bits per heavy atom. The Morgan fingerprint density at radius 2 is 1.80 bits per heavy atom. The lowest BCUT2D eigenvalue weighted by Crippen LogP contribution is -2.40. The first-order valence-corrected chi connectivity index (χ1v) is 15.4. The summed E-state index contributed by atoms with van der Waals surface area (Å²) < 4.78 is 5.46. The van der Waals surface area contributed by atoms with Gasteiger partial charge in [-0.15, -0.1) is 0 Å². The van der Waals surface area contributed by atoms with Gasteiger partial charge < -0.3 is 30.1 Å². The molecule has 1 fully saturated rings. The van der Waals surface area contributed by atoms with Crippen molar-refractivity contribution in [1.29, 1.82) is 0 Å². The molecule has 10 heteroatoms. The molecule has 0 radical (unpaired) electrons. The number of rotatable bonds is 12. The topological polar surface area (TPSA) is 148 Å². The first-order chi connectivity index (χ1) is 21.7. The Balaban J connectivity index is 1.43. The first kappa shape index (κ1) is 32.6. The molecular weight excluding hydrogens is 573 g/mol. The van der Waals surface area contributed by atoms with Gasteiger partial charge in [-0.3, -0.25) is 14.5 Å². The number of allylic oxidation sites excluding steroid dienone is 1. The number of ether oxygens (including phenoxy) is 1. The summed E-state index contributed by atoms with van der Waals surface area (Å²) >= 11 is 0. The van der Waals surface area contributed by atoms with Crippen LogP contribution in [0.5, 0.6) is 5.75 Å². The summed E-state index contributed by atoms with van der Waals surface area (Å²) in [4.78, 5) is 28.5. The molecule has 1 aliphatic heterocycles. The van der Waals surface area contributed by atoms with E-state index in [2.05, 4.69) is 13.0 Å². The summed E-state index contributed by atoms with van der Waals surface area (Å²) in [5.41, 5.74) is 3.73. The predicted octanol–water partition coefficient (Wildman–Crippen LogP) is 3.31. The molecular formula is C35H40BNO8. The molecule has 3 aromatic rings. The zero-order valence-electron chi connectivity index (χ0n) is 25.6. The monoisotopic (exact) mass is 613 g/mol. The van der Waals surface area contributed by atoms with E-state index in [9.17, 15) is 35.0 Å². The summed E-state index contributed by atoms with van der Waals surface area (Å²) in [6.45, 7) is 1.81. The lowest BCUT2D eigenvalue weighted by molar-refractivity contribution is -0.123. The van der Waals surface area contributed by atoms with Crippen LogP contribution in [0, 0.1) is 17.8 Å². The maximum atomic E-state index is 13.8. The minimum absolute atomic E-state index is 0.146. The molecule has 2 aliphatic rings. The van der Waals surface area contributed by atoms with Crippen LogP contribution in [0.1, 0.15) is 44.6 Å². The lowest BCUT2D eigenvalue weighted by Gasteiger charge is -2.36. The van der Waals surface area contributed by atoms with E-state index in [1.54, 1.807) is 18.2 Å². The average molecular weight is 614 g/mol. The molecule has 0 saturated carbocycles. The fraction of sp³-hybridized carbons (Fsp3) is 0.371. The minimum Gasteiger partial charge on any atom is -0.507 e. The third-order valence-electron chi connectivity index (χ3n) is 9.09. The molecule has 5 N–H and O–H groups in total. The first-order valence-electron chi connectivity index (χ1n) is 15.4. The highest BCUT2D eigenvalue weighted by Gasteiger charge is 2.55. The number of phenolic OH excluding ortho intramolecular Hbond substituents is 1. The van der Waals surface area contributed by atoms with Crippen LogP contribution in [0.3, 0.4) is 0 Å². The Kier molecular flexibility index (Phi) is 10.2. The van der Waals surface area contributed by atoms with E-state index in [0.717, 1.165) is 39.7 Å². The second-order valence-electron chi connectivity index (χ2n) is 11.9. The van der Waals surface area contributed by atoms with Crippen molar-refractivity contribution < 1.29 is 39.7 Å². The normalized spacial score (nSPS) is 21.1. The van der Waals surface area contributed by atoms with Crippen LogP contribution in [0.15, 0.2) is 77.4 Å². The molecule has 3 aromatic carbocycles. The number of anilines is 1. The van der Waals surface area contributed by atoms with E-state index >= 15 is 0 Å². The third-order valence-corrected chi connectivity index (χ3v) is 9.09. The Morgan fingerprint density at radius 3 is 2.49 bits per heavy atom. The molecule has 0 spiro atoms. The number of imide groups is 1. The highest BCUT2D eigenvalue weighted by atomic mass is 16.5. The van der Waals surface area contributed by atoms with Crippen molar-refractivity contribution >= 4 is 46.9 Å². The number of hydrogen-bond acceptors (Lipinski definition) is 8. The molecule has 4 atom stereocenters. The van der Waals surface area contributed by atoms with Gasteiger partial charge in [-0.2, -0.15) is 0 Å². The van der Waals surface area contributed by atoms with E-state index in [0.29, 0.717) is 24.0 Å². The number of aliphatic hydroxyl groups is 2. The molecule has 0 aromatic heterocycles. The highest BCUT2D eigenvalue weighted by molar-refractivity contribution is 6.58. The summed E-state index contributed by atoms with van der Waals surface area (Å²) in [7, 11) is -0.234. The zero-order valence-corrected chi connectivity index (χ0v) is 25.6. The van der Waals surface area contributed by atoms with Crippen molar-refractivity contribution in [3.05, 3.63) is 82.9 Å². The standard InChI is InChI=1S/C35H40BNO8/c1-3-7-21(16-22-13-15-30(39)27-11-5-4-10-26(22)27)12-14-31(40)32-23(20-45-2)17-28-33(29(32)19-38)35(42)37(34(28)41)25-9-6-8-24(18-25)36(43)44/h4-6,8-11,13,15-16,18,28-29,31,33,38-40,43-44H,3,7,12,14,17,19-20H2,1-2H3/b21-16+/t28-,29+,31-,33-/m1/s1. The predicted molar refractivity (Wildman–Crippen MR) is 174 cm³/mol. The van der Waals surface area contributed by atoms with Crippen molar-refractivity contribution in [1.82, 2.24) is 0 Å². The number of aliphatic hydroxyl groups excluding tert-OH is 2. The molecule has 2 amide bonds. The van der Waals surface area contributed by atoms with Crippen LogP contribution in [0.25, 0.3) is 16.8 Å². The third kappa shape index (κ3) is 6.47. The van der Waals surface area contributed by atoms with Crippen LogP contribution in [-0.2, 0) is 14.3 Å². The van der Waals surface area contributed by atoms with Gasteiger partial charge in [-0.05, 0) is 71.4 Å². The largest absolute Gasteiger partial charge is 0.507 e. The zero-order chi connectivity index (χ0) is 32.2. The lowest BCUT2D eigenvalue weighted by atomic mass is 9.68. The Bertz CT molecular complexity index is 1630. The maximum absolute atomic E-state index is 13.8. The molecule has 0 bridgehead atoms. The van der Waals surface area contributed by atoms with Gasteiger partial charge in [0.2, 0.25) is 11.8 Å². The second kappa shape index (κ2) is 14.1. The molecule has 5 rings (SSSR count). The van der Waals surface area contributed by atoms with Crippen molar-refractivity contribution in [3.8, 4) is 5.75 Å². The molecule has 0 unspecified atom stereocenters. The highest BCUT2D eigenvalue weighted by Crippen LogP contribution is 2.47. The van der Waals surface area contributed by atoms with Gasteiger partial charge in [-0.1, -0.05) is 67.5 Å². The van der Waals surface area contributed by atoms with Gasteiger partial charge in [0.25, 0.3) is 0 Å². The van der Waals surface area contributed by atoms with E-state index in [1.807, 2.05) is 30.3 Å². The second-order valence-corrected chi connectivity index (χ2v) is 11.9. The number of nitrogens with zero attached hydrogens (tertiary/aromatic N) is 1. The molecule has 236 valence electrons. The minimum atomic E-state index is -1.76. The molecule has 1 aliphatic carbocycles. The number of benzene rings is 3. The number of amides is 2. The van der Waals surface area contributed by atoms with Crippen LogP contribution < -0.4 is 10.4 Å². The summed E-state index contributed by atoms with van der Waals surface area (Å²) in [6.07, 6.45) is 3.97. The summed E-state index contributed by atoms with van der Waals surface area (Å²) in [5.74, 6) is -3.08. The van der Waals surface area contributed by atoms with Crippen molar-refractivity contribution in [2.75, 3.05) is 25.2 Å². The molecule has 1 saturated heterocycles. The van der Waals surface area contributed by atoms with Crippen molar-refractivity contribution in [3.63, 3.8) is 0 Å². The van der Waals surface area contributed by atoms with Gasteiger partial charge >= 0.3 is 7.12 Å². The fourth-order valence-electron chi connectivity index (χ4n) is 7.07. The Hall–Kier alpha value is -3.80. The maximum Gasteiger partial charge on any atom is 0.488 e. The number of methoxy groups -OCH3 is 1. The molecule has 1 heterocycles. The number of carbonyl (C=O) groups is 2. The van der Waals surface area contributed by atoms with E-state index in [4.69, 9.17) is 4.74 Å². The van der Waals surface area contributed by atoms with Gasteiger partial charge in [0.15, 0.2) is 0 Å². The van der Waals surface area contributed by atoms with Crippen LogP contribution in [-0.4, -0.2) is 70.7 Å². The van der Waals surface area contributed by atoms with Crippen molar-refractivity contribution in [2.24, 2.45) is 17.8 Å². The summed E-state index contributed by atoms with van der Waals surface area (Å²) in [5, 5.41) is 53.6. The quantitative estimate of drug-likeness (QED) is 0.119. The smallest absolute Gasteiger partial charge is 0.488 e. The molecule has 9 nitrogen and oxygen atoms in total. The number of phenols is 1. The Labute approximate surface area is 263 Å². The van der Waals surface area contributed by atoms with E-state index < -0.39 is 49.4 Å². The van der Waals surface area contributed by atoms with Gasteiger partial charge in [0.1, 0.15) is 5.75 Å². The van der Waals surface area contributed by atoms with E-state index in [-0.39, 0.29) is 29.9 Å². The number of carbonyl (C=O) groups excluding carboxylic acids is 2. The fourth-order valence-corrected chi connectivity index (χ4v) is 7.07. The van der Waals surface area contributed by atoms with Gasteiger partial charge in [0, 0.05) is 18.4 Å². The molecule has 45 heavy (non-hydrogen) atoms. The average Bonchev–Trinajstić information content (AvgIpc) is 3.29. The van der Waals surface area contributed by atoms with Crippen molar-refractivity contribution in [2.45, 2.75) is 45.1 Å². The van der Waals surface area contributed by atoms with Gasteiger partial charge in [0.05, 0.1) is 36.8 Å². The van der Waals surface area contributed by atoms with Gasteiger partial charge in [-0.25, -0.2) is 0 Å². The van der Waals surface area contributed by atoms with Crippen LogP contribution in [0.2, 0.25) is 0 Å². The van der Waals surface area contributed by atoms with Crippen LogP contribution >= 0.6 is 0 Å². The SMILES string of the molecule is CCC/C(=C\c1ccc(O)c2ccccc12)CC[C@@H](O)C1=C(COC)C[C@H]2C(=O)N(c3cccc(B(O)O)c3)C(=O)[C@H]2[C@H]1CO. The van der Waals surface area contributed by atoms with Crippen LogP contribution in [0.4, 0.5) is 5.69 Å². The number of fused-ring (bicyclic) bond motifs is 2. The van der Waals surface area contributed by atoms with E-state index in [1.165, 1.54) is 19.2 Å². The number of aromatic hydroxyl groups is 1. The number of hydrogen-bond donors (Lipinski definition) is 5. The summed E-state index contributed by atoms with van der Waals surface area (Å²) in [6, 6.07) is 17.2.